The highest BCUT2D eigenvalue weighted by Gasteiger charge is 2.27. The maximum atomic E-state index is 2.33. The predicted molar refractivity (Wildman–Crippen MR) is 49.2 cm³/mol. The van der Waals surface area contributed by atoms with Gasteiger partial charge in [0, 0.05) is 0 Å². The molecule has 0 aromatic rings. The third-order valence-corrected chi connectivity index (χ3v) is 2.60. The minimum atomic E-state index is 0. The fraction of sp³-hybridized carbons (Fsp3) is 1.00. The minimum Gasteiger partial charge on any atom is -1.00 e. The van der Waals surface area contributed by atoms with Gasteiger partial charge in [0.15, 0.2) is 0 Å². The molecule has 0 aromatic heterocycles. The van der Waals surface area contributed by atoms with E-state index >= 15 is 0 Å². The fourth-order valence-corrected chi connectivity index (χ4v) is 3.90. The lowest BCUT2D eigenvalue weighted by molar-refractivity contribution is -0.00000272. The first-order chi connectivity index (χ1) is 3.71. The second kappa shape index (κ2) is 4.07. The van der Waals surface area contributed by atoms with Crippen LogP contribution in [0.3, 0.4) is 0 Å². The maximum Gasteiger partial charge on any atom is 0.0675 e. The summed E-state index contributed by atoms with van der Waals surface area (Å²) in [5, 5.41) is 1.14. The third kappa shape index (κ3) is 11.7. The van der Waals surface area contributed by atoms with Gasteiger partial charge >= 0.3 is 0 Å². The molecule has 0 atom stereocenters. The number of halogens is 1. The molecule has 0 rings (SSSR count). The van der Waals surface area contributed by atoms with Crippen LogP contribution >= 0.6 is 8.58 Å². The molecular weight excluding hydrogens is 207 g/mol. The molecule has 2 heteroatoms. The SMILES string of the molecule is CC(C)(C)[PH2+]C(C)(C)C.[Br-]. The molecule has 0 unspecified atom stereocenters. The van der Waals surface area contributed by atoms with Gasteiger partial charge < -0.3 is 17.0 Å². The van der Waals surface area contributed by atoms with Crippen molar-refractivity contribution in [2.45, 2.75) is 51.9 Å². The van der Waals surface area contributed by atoms with Crippen molar-refractivity contribution in [2.24, 2.45) is 0 Å². The van der Waals surface area contributed by atoms with Crippen LogP contribution in [-0.2, 0) is 0 Å². The van der Waals surface area contributed by atoms with Gasteiger partial charge in [0.05, 0.1) is 10.3 Å². The molecule has 0 saturated heterocycles. The number of hydrogen-bond donors (Lipinski definition) is 0. The Morgan fingerprint density at radius 2 is 0.900 bits per heavy atom. The molecule has 0 bridgehead atoms. The van der Waals surface area contributed by atoms with Gasteiger partial charge in [0.25, 0.3) is 0 Å². The van der Waals surface area contributed by atoms with Crippen molar-refractivity contribution in [3.63, 3.8) is 0 Å². The van der Waals surface area contributed by atoms with Crippen LogP contribution in [0.25, 0.3) is 0 Å². The zero-order valence-electron chi connectivity index (χ0n) is 7.96. The van der Waals surface area contributed by atoms with Crippen molar-refractivity contribution in [3.05, 3.63) is 0 Å². The van der Waals surface area contributed by atoms with Crippen LogP contribution in [0.2, 0.25) is 0 Å². The highest BCUT2D eigenvalue weighted by molar-refractivity contribution is 7.41. The van der Waals surface area contributed by atoms with E-state index in [0.29, 0.717) is 18.9 Å². The zero-order valence-corrected chi connectivity index (χ0v) is 10.7. The highest BCUT2D eigenvalue weighted by Crippen LogP contribution is 2.41. The largest absolute Gasteiger partial charge is 1.00 e. The molecule has 0 spiro atoms. The Balaban J connectivity index is 0. The van der Waals surface area contributed by atoms with Crippen molar-refractivity contribution in [1.82, 2.24) is 0 Å². The van der Waals surface area contributed by atoms with Gasteiger partial charge in [-0.15, -0.1) is 0 Å². The first-order valence-corrected chi connectivity index (χ1v) is 4.73. The van der Waals surface area contributed by atoms with Crippen molar-refractivity contribution < 1.29 is 17.0 Å². The Morgan fingerprint density at radius 1 is 0.700 bits per heavy atom. The lowest BCUT2D eigenvalue weighted by Gasteiger charge is -2.21. The molecule has 0 heterocycles. The van der Waals surface area contributed by atoms with Gasteiger partial charge in [0.1, 0.15) is 0 Å². The second-order valence-electron chi connectivity index (χ2n) is 4.88. The van der Waals surface area contributed by atoms with Crippen molar-refractivity contribution >= 4 is 8.58 Å². The Hall–Kier alpha value is 0.910. The number of hydrogen-bond acceptors (Lipinski definition) is 0. The molecule has 0 saturated carbocycles. The van der Waals surface area contributed by atoms with E-state index in [1.165, 1.54) is 0 Å². The van der Waals surface area contributed by atoms with Crippen molar-refractivity contribution in [3.8, 4) is 0 Å². The molecule has 0 radical (unpaired) electrons. The molecule has 0 aliphatic heterocycles. The van der Waals surface area contributed by atoms with E-state index in [1.54, 1.807) is 0 Å². The lowest BCUT2D eigenvalue weighted by Crippen LogP contribution is -3.00. The van der Waals surface area contributed by atoms with Crippen LogP contribution < -0.4 is 17.0 Å². The summed E-state index contributed by atoms with van der Waals surface area (Å²) in [7, 11) is 0.569. The summed E-state index contributed by atoms with van der Waals surface area (Å²) in [4.78, 5) is 0. The van der Waals surface area contributed by atoms with Crippen LogP contribution in [0.4, 0.5) is 0 Å². The molecule has 0 aliphatic carbocycles. The molecule has 0 N–H and O–H groups in total. The van der Waals surface area contributed by atoms with Gasteiger partial charge in [0.2, 0.25) is 0 Å². The van der Waals surface area contributed by atoms with Crippen LogP contribution in [0.15, 0.2) is 0 Å². The quantitative estimate of drug-likeness (QED) is 0.511. The molecule has 0 aromatic carbocycles. The van der Waals surface area contributed by atoms with Gasteiger partial charge in [-0.1, -0.05) is 0 Å². The molecule has 0 aliphatic rings. The third-order valence-electron chi connectivity index (χ3n) is 0.866. The van der Waals surface area contributed by atoms with Crippen LogP contribution in [0, 0.1) is 0 Å². The van der Waals surface area contributed by atoms with Gasteiger partial charge in [-0.3, -0.25) is 0 Å². The summed E-state index contributed by atoms with van der Waals surface area (Å²) in [5.74, 6) is 0. The van der Waals surface area contributed by atoms with Crippen LogP contribution in [-0.4, -0.2) is 10.3 Å². The average Bonchev–Trinajstić information content (AvgIpc) is 1.14. The summed E-state index contributed by atoms with van der Waals surface area (Å²) in [6.45, 7) is 14.0. The van der Waals surface area contributed by atoms with Gasteiger partial charge in [-0.2, -0.15) is 0 Å². The predicted octanol–water partition coefficient (Wildman–Crippen LogP) is -0.00180. The number of rotatable bonds is 0. The summed E-state index contributed by atoms with van der Waals surface area (Å²) in [6.07, 6.45) is 0. The second-order valence-corrected chi connectivity index (χ2v) is 8.63. The topological polar surface area (TPSA) is 0 Å². The standard InChI is InChI=1S/C8H19P.BrH/c1-7(2,3)9-8(4,5)6;/h9H,1-6H3;1H. The Kier molecular flexibility index (Phi) is 5.49. The van der Waals surface area contributed by atoms with Crippen LogP contribution in [0.1, 0.15) is 41.5 Å². The molecule has 64 valence electrons. The minimum absolute atomic E-state index is 0. The Morgan fingerprint density at radius 3 is 0.900 bits per heavy atom. The Labute approximate surface area is 77.7 Å². The van der Waals surface area contributed by atoms with E-state index < -0.39 is 0 Å². The monoisotopic (exact) mass is 226 g/mol. The fourth-order valence-electron chi connectivity index (χ4n) is 1.30. The average molecular weight is 227 g/mol. The van der Waals surface area contributed by atoms with Gasteiger partial charge in [-0.05, 0) is 50.1 Å². The maximum absolute atomic E-state index is 2.33. The highest BCUT2D eigenvalue weighted by atomic mass is 79.9. The lowest BCUT2D eigenvalue weighted by atomic mass is 10.2. The normalized spacial score (nSPS) is 12.6. The van der Waals surface area contributed by atoms with Gasteiger partial charge in [-0.25, -0.2) is 0 Å². The van der Waals surface area contributed by atoms with E-state index in [2.05, 4.69) is 41.5 Å². The molecule has 0 amide bonds. The molecule has 10 heavy (non-hydrogen) atoms. The van der Waals surface area contributed by atoms with Crippen molar-refractivity contribution in [2.75, 3.05) is 0 Å². The summed E-state index contributed by atoms with van der Waals surface area (Å²) < 4.78 is 0. The smallest absolute Gasteiger partial charge is 0.0675 e. The summed E-state index contributed by atoms with van der Waals surface area (Å²) >= 11 is 0. The summed E-state index contributed by atoms with van der Waals surface area (Å²) in [5.41, 5.74) is 0. The van der Waals surface area contributed by atoms with E-state index in [0.717, 1.165) is 0 Å². The van der Waals surface area contributed by atoms with E-state index in [-0.39, 0.29) is 17.0 Å². The van der Waals surface area contributed by atoms with Crippen LogP contribution in [0.5, 0.6) is 0 Å². The zero-order chi connectivity index (χ0) is 7.71. The first-order valence-electron chi connectivity index (χ1n) is 3.58. The van der Waals surface area contributed by atoms with E-state index in [9.17, 15) is 0 Å². The molecule has 0 fully saturated rings. The molecular formula is C8H20BrP. The first kappa shape index (κ1) is 13.5. The van der Waals surface area contributed by atoms with Crippen molar-refractivity contribution in [1.29, 1.82) is 0 Å². The summed E-state index contributed by atoms with van der Waals surface area (Å²) in [6, 6.07) is 0. The van der Waals surface area contributed by atoms with E-state index in [4.69, 9.17) is 0 Å². The Bertz CT molecular complexity index is 74.4. The molecule has 0 nitrogen and oxygen atoms in total. The van der Waals surface area contributed by atoms with E-state index in [1.807, 2.05) is 0 Å².